The molecule has 2 N–H and O–H groups in total. The molecule has 0 aliphatic carbocycles. The van der Waals surface area contributed by atoms with E-state index < -0.39 is 10.0 Å². The van der Waals surface area contributed by atoms with Gasteiger partial charge >= 0.3 is 0 Å². The Morgan fingerprint density at radius 3 is 2.68 bits per heavy atom. The Balaban J connectivity index is 2.13. The number of rotatable bonds is 5. The molecule has 104 valence electrons. The molecule has 19 heavy (non-hydrogen) atoms. The minimum Gasteiger partial charge on any atom is -0.390 e. The average molecular weight is 285 g/mol. The molecule has 9 heteroatoms. The average Bonchev–Trinajstić information content (AvgIpc) is 2.93. The first-order chi connectivity index (χ1) is 8.92. The Labute approximate surface area is 110 Å². The fraction of sp³-hybridized carbons (Fsp3) is 0.400. The van der Waals surface area contributed by atoms with E-state index in [-0.39, 0.29) is 18.0 Å². The number of hydrogen-bond donors (Lipinski definition) is 2. The van der Waals surface area contributed by atoms with E-state index in [1.165, 1.54) is 23.3 Å². The summed E-state index contributed by atoms with van der Waals surface area (Å²) in [6.07, 6.45) is 2.94. The number of nitrogens with zero attached hydrogens (tertiary/aromatic N) is 4. The molecule has 8 nitrogen and oxygen atoms in total. The van der Waals surface area contributed by atoms with Crippen molar-refractivity contribution < 1.29 is 13.5 Å². The van der Waals surface area contributed by atoms with E-state index in [1.807, 2.05) is 0 Å². The van der Waals surface area contributed by atoms with Crippen LogP contribution >= 0.6 is 0 Å². The third kappa shape index (κ3) is 3.00. The Morgan fingerprint density at radius 1 is 1.42 bits per heavy atom. The highest BCUT2D eigenvalue weighted by molar-refractivity contribution is 7.89. The lowest BCUT2D eigenvalue weighted by Crippen LogP contribution is -2.23. The van der Waals surface area contributed by atoms with Crippen LogP contribution in [0.4, 0.5) is 0 Å². The third-order valence-corrected chi connectivity index (χ3v) is 3.99. The molecule has 0 spiro atoms. The van der Waals surface area contributed by atoms with Crippen LogP contribution in [0.5, 0.6) is 0 Å². The lowest BCUT2D eigenvalue weighted by molar-refractivity contribution is 0.272. The topological polar surface area (TPSA) is 102 Å². The molecule has 2 rings (SSSR count). The monoisotopic (exact) mass is 285 g/mol. The van der Waals surface area contributed by atoms with Gasteiger partial charge in [-0.05, 0) is 6.07 Å². The van der Waals surface area contributed by atoms with Gasteiger partial charge in [0.2, 0.25) is 10.0 Å². The molecule has 0 amide bonds. The van der Waals surface area contributed by atoms with Crippen LogP contribution in [0.3, 0.4) is 0 Å². The standard InChI is InChI=1S/C10H15N5O3S/c1-14-5-9(3-8(14)6-16)19(17,18)12-4-10-11-7-15(2)13-10/h3,5,7,12,16H,4,6H2,1-2H3. The van der Waals surface area contributed by atoms with E-state index in [0.29, 0.717) is 11.5 Å². The maximum Gasteiger partial charge on any atom is 0.242 e. The minimum absolute atomic E-state index is 0.0204. The van der Waals surface area contributed by atoms with Crippen molar-refractivity contribution in [3.05, 3.63) is 30.1 Å². The van der Waals surface area contributed by atoms with E-state index in [4.69, 9.17) is 5.11 Å². The van der Waals surface area contributed by atoms with Gasteiger partial charge in [-0.3, -0.25) is 4.68 Å². The van der Waals surface area contributed by atoms with Gasteiger partial charge in [-0.25, -0.2) is 18.1 Å². The summed E-state index contributed by atoms with van der Waals surface area (Å²) in [4.78, 5) is 4.04. The number of hydrogen-bond acceptors (Lipinski definition) is 5. The smallest absolute Gasteiger partial charge is 0.242 e. The van der Waals surface area contributed by atoms with Crippen molar-refractivity contribution in [3.63, 3.8) is 0 Å². The lowest BCUT2D eigenvalue weighted by Gasteiger charge is -2.01. The summed E-state index contributed by atoms with van der Waals surface area (Å²) in [6.45, 7) is -0.194. The number of aliphatic hydroxyl groups excluding tert-OH is 1. The number of nitrogens with one attached hydrogen (secondary N) is 1. The maximum absolute atomic E-state index is 12.0. The predicted molar refractivity (Wildman–Crippen MR) is 66.4 cm³/mol. The normalized spacial score (nSPS) is 11.9. The molecule has 0 unspecified atom stereocenters. The molecule has 0 saturated heterocycles. The van der Waals surface area contributed by atoms with Crippen molar-refractivity contribution in [2.24, 2.45) is 14.1 Å². The zero-order valence-corrected chi connectivity index (χ0v) is 11.4. The zero-order valence-electron chi connectivity index (χ0n) is 10.6. The van der Waals surface area contributed by atoms with Crippen molar-refractivity contribution in [2.45, 2.75) is 18.0 Å². The van der Waals surface area contributed by atoms with E-state index in [2.05, 4.69) is 14.8 Å². The summed E-state index contributed by atoms with van der Waals surface area (Å²) < 4.78 is 29.5. The van der Waals surface area contributed by atoms with Gasteiger partial charge in [-0.2, -0.15) is 5.10 Å². The molecule has 0 aromatic carbocycles. The van der Waals surface area contributed by atoms with Crippen LogP contribution in [0.2, 0.25) is 0 Å². The Morgan fingerprint density at radius 2 is 2.16 bits per heavy atom. The van der Waals surface area contributed by atoms with E-state index >= 15 is 0 Å². The molecular formula is C10H15N5O3S. The van der Waals surface area contributed by atoms with Crippen LogP contribution in [-0.4, -0.2) is 32.9 Å². The molecule has 0 aliphatic rings. The summed E-state index contributed by atoms with van der Waals surface area (Å²) in [5.74, 6) is 0.393. The molecule has 0 atom stereocenters. The number of aromatic nitrogens is 4. The molecular weight excluding hydrogens is 270 g/mol. The first kappa shape index (κ1) is 13.7. The van der Waals surface area contributed by atoms with Crippen LogP contribution in [0.1, 0.15) is 11.5 Å². The lowest BCUT2D eigenvalue weighted by atomic mass is 10.5. The third-order valence-electron chi connectivity index (χ3n) is 2.62. The van der Waals surface area contributed by atoms with Crippen molar-refractivity contribution in [3.8, 4) is 0 Å². The fourth-order valence-corrected chi connectivity index (χ4v) is 2.66. The van der Waals surface area contributed by atoms with E-state index in [1.54, 1.807) is 18.7 Å². The molecule has 0 fully saturated rings. The highest BCUT2D eigenvalue weighted by Gasteiger charge is 2.17. The Bertz CT molecular complexity index is 673. The van der Waals surface area contributed by atoms with Crippen molar-refractivity contribution >= 4 is 10.0 Å². The van der Waals surface area contributed by atoms with Gasteiger partial charge in [-0.15, -0.1) is 0 Å². The first-order valence-electron chi connectivity index (χ1n) is 5.52. The van der Waals surface area contributed by atoms with Crippen LogP contribution < -0.4 is 4.72 Å². The second-order valence-electron chi connectivity index (χ2n) is 4.10. The number of sulfonamides is 1. The molecule has 2 aromatic heterocycles. The molecule has 0 bridgehead atoms. The van der Waals surface area contributed by atoms with E-state index in [9.17, 15) is 8.42 Å². The predicted octanol–water partition coefficient (Wildman–Crippen LogP) is -0.876. The van der Waals surface area contributed by atoms with Crippen molar-refractivity contribution in [1.29, 1.82) is 0 Å². The van der Waals surface area contributed by atoms with Crippen LogP contribution in [0, 0.1) is 0 Å². The quantitative estimate of drug-likeness (QED) is 0.743. The zero-order chi connectivity index (χ0) is 14.0. The number of aryl methyl sites for hydroxylation is 2. The van der Waals surface area contributed by atoms with Gasteiger partial charge in [0.05, 0.1) is 18.0 Å². The molecule has 0 aliphatic heterocycles. The van der Waals surface area contributed by atoms with Gasteiger partial charge < -0.3 is 9.67 Å². The maximum atomic E-state index is 12.0. The van der Waals surface area contributed by atoms with Crippen molar-refractivity contribution in [2.75, 3.05) is 0 Å². The Hall–Kier alpha value is -1.71. The molecule has 0 saturated carbocycles. The molecule has 2 heterocycles. The second-order valence-corrected chi connectivity index (χ2v) is 5.86. The summed E-state index contributed by atoms with van der Waals surface area (Å²) >= 11 is 0. The summed E-state index contributed by atoms with van der Waals surface area (Å²) in [7, 11) is -0.257. The fourth-order valence-electron chi connectivity index (χ4n) is 1.59. The summed E-state index contributed by atoms with van der Waals surface area (Å²) in [5.41, 5.74) is 0.524. The summed E-state index contributed by atoms with van der Waals surface area (Å²) in [6, 6.07) is 1.42. The van der Waals surface area contributed by atoms with Gasteiger partial charge in [0.1, 0.15) is 6.33 Å². The van der Waals surface area contributed by atoms with E-state index in [0.717, 1.165) is 0 Å². The largest absolute Gasteiger partial charge is 0.390 e. The van der Waals surface area contributed by atoms with Crippen molar-refractivity contribution in [1.82, 2.24) is 24.1 Å². The minimum atomic E-state index is -3.63. The van der Waals surface area contributed by atoms with Gasteiger partial charge in [0.15, 0.2) is 5.82 Å². The highest BCUT2D eigenvalue weighted by atomic mass is 32.2. The summed E-state index contributed by atoms with van der Waals surface area (Å²) in [5, 5.41) is 13.0. The van der Waals surface area contributed by atoms with Crippen LogP contribution in [0.15, 0.2) is 23.5 Å². The van der Waals surface area contributed by atoms with Gasteiger partial charge in [0, 0.05) is 26.0 Å². The first-order valence-corrected chi connectivity index (χ1v) is 7.01. The SMILES string of the molecule is Cn1cnc(CNS(=O)(=O)c2cc(CO)n(C)c2)n1. The van der Waals surface area contributed by atoms with Gasteiger partial charge in [-0.1, -0.05) is 0 Å². The van der Waals surface area contributed by atoms with Crippen LogP contribution in [0.25, 0.3) is 0 Å². The highest BCUT2D eigenvalue weighted by Crippen LogP contribution is 2.13. The Kier molecular flexibility index (Phi) is 3.69. The van der Waals surface area contributed by atoms with Gasteiger partial charge in [0.25, 0.3) is 0 Å². The number of aliphatic hydroxyl groups is 1. The second kappa shape index (κ2) is 5.11. The molecule has 2 aromatic rings. The van der Waals surface area contributed by atoms with Crippen LogP contribution in [-0.2, 0) is 37.3 Å². The molecule has 0 radical (unpaired) electrons.